The molecular weight excluding hydrogens is 608 g/mol. The van der Waals surface area contributed by atoms with E-state index in [1.54, 1.807) is 0 Å². The lowest BCUT2D eigenvalue weighted by molar-refractivity contribution is -0.0987. The van der Waals surface area contributed by atoms with Crippen molar-refractivity contribution in [2.45, 2.75) is 158 Å². The molecule has 2 rings (SSSR count). The van der Waals surface area contributed by atoms with Crippen LogP contribution in [0, 0.1) is 11.8 Å². The molecule has 4 unspecified atom stereocenters. The molecule has 8 nitrogen and oxygen atoms in total. The van der Waals surface area contributed by atoms with E-state index in [0.717, 1.165) is 32.3 Å². The largest absolute Gasteiger partial charge is 0.379 e. The zero-order valence-electron chi connectivity index (χ0n) is 33.1. The molecule has 0 spiro atoms. The molecule has 0 aliphatic heterocycles. The zero-order valence-corrected chi connectivity index (χ0v) is 33.1. The Morgan fingerprint density at radius 2 is 1.06 bits per heavy atom. The van der Waals surface area contributed by atoms with Crippen LogP contribution in [-0.2, 0) is 38.1 Å². The minimum Gasteiger partial charge on any atom is -0.379 e. The van der Waals surface area contributed by atoms with E-state index in [2.05, 4.69) is 74.4 Å². The van der Waals surface area contributed by atoms with Crippen molar-refractivity contribution in [3.63, 3.8) is 0 Å². The Hall–Kier alpha value is -2.26. The first-order valence-corrected chi connectivity index (χ1v) is 17.8. The number of unbranched alkanes of at least 4 members (excludes halogenated alkanes) is 2. The molecule has 1 saturated carbocycles. The van der Waals surface area contributed by atoms with Crippen LogP contribution in [0.3, 0.4) is 0 Å². The Labute approximate surface area is 297 Å². The predicted octanol–water partition coefficient (Wildman–Crippen LogP) is 10.1. The first-order valence-electron chi connectivity index (χ1n) is 17.8. The van der Waals surface area contributed by atoms with Crippen molar-refractivity contribution in [3.8, 4) is 0 Å². The lowest BCUT2D eigenvalue weighted by Crippen LogP contribution is -2.22. The van der Waals surface area contributed by atoms with E-state index in [-0.39, 0.29) is 6.10 Å². The highest BCUT2D eigenvalue weighted by Gasteiger charge is 2.19. The van der Waals surface area contributed by atoms with Crippen LogP contribution >= 0.6 is 0 Å². The Bertz CT molecular complexity index is 662. The van der Waals surface area contributed by atoms with E-state index in [1.807, 2.05) is 59.2 Å². The van der Waals surface area contributed by atoms with Crippen LogP contribution in [0.25, 0.3) is 0 Å². The summed E-state index contributed by atoms with van der Waals surface area (Å²) in [6.07, 6.45) is 13.9. The summed E-state index contributed by atoms with van der Waals surface area (Å²) in [4.78, 5) is 32.0. The molecule has 0 N–H and O–H groups in total. The van der Waals surface area contributed by atoms with Gasteiger partial charge in [0.1, 0.15) is 27.2 Å². The molecule has 1 fully saturated rings. The molecule has 0 amide bonds. The zero-order chi connectivity index (χ0) is 38.6. The maximum Gasteiger partial charge on any atom is 0.106 e. The van der Waals surface area contributed by atoms with E-state index in [0.29, 0.717) is 24.2 Å². The summed E-state index contributed by atoms with van der Waals surface area (Å²) in [6, 6.07) is 10.2. The van der Waals surface area contributed by atoms with E-state index >= 15 is 0 Å². The first kappa shape index (κ1) is 58.0. The molecule has 0 aromatic heterocycles. The molecule has 1 aliphatic carbocycles. The molecule has 4 atom stereocenters. The molecule has 286 valence electrons. The van der Waals surface area contributed by atoms with Gasteiger partial charge in [0, 0.05) is 26.4 Å². The maximum absolute atomic E-state index is 8.00. The van der Waals surface area contributed by atoms with Crippen LogP contribution in [0.1, 0.15) is 146 Å². The van der Waals surface area contributed by atoms with Crippen molar-refractivity contribution >= 4 is 27.2 Å². The van der Waals surface area contributed by atoms with Gasteiger partial charge in [-0.3, -0.25) is 0 Å². The molecule has 0 bridgehead atoms. The number of carbonyl (C=O) groups excluding carboxylic acids is 4. The summed E-state index contributed by atoms with van der Waals surface area (Å²) in [7, 11) is 0. The molecule has 0 heterocycles. The summed E-state index contributed by atoms with van der Waals surface area (Å²) in [6.45, 7) is 34.6. The van der Waals surface area contributed by atoms with Crippen LogP contribution in [0.2, 0.25) is 0 Å². The fraction of sp³-hybridized carbons (Fsp3) is 0.750. The van der Waals surface area contributed by atoms with Gasteiger partial charge in [0.25, 0.3) is 0 Å². The van der Waals surface area contributed by atoms with E-state index < -0.39 is 0 Å². The molecule has 0 saturated heterocycles. The van der Waals surface area contributed by atoms with Crippen LogP contribution < -0.4 is 0 Å². The van der Waals surface area contributed by atoms with Gasteiger partial charge in [0.2, 0.25) is 0 Å². The second-order valence-electron chi connectivity index (χ2n) is 11.2. The summed E-state index contributed by atoms with van der Waals surface area (Å²) in [5.74, 6) is 1.50. The third-order valence-electron chi connectivity index (χ3n) is 7.46. The third-order valence-corrected chi connectivity index (χ3v) is 7.46. The second kappa shape index (κ2) is 51.6. The average Bonchev–Trinajstić information content (AvgIpc) is 3.14. The van der Waals surface area contributed by atoms with Crippen molar-refractivity contribution < 1.29 is 38.1 Å². The minimum atomic E-state index is 0.223. The van der Waals surface area contributed by atoms with Gasteiger partial charge >= 0.3 is 0 Å². The molecule has 1 aliphatic rings. The van der Waals surface area contributed by atoms with Crippen LogP contribution in [-0.4, -0.2) is 71.9 Å². The normalized spacial score (nSPS) is 13.9. The average molecular weight is 687 g/mol. The number of carbonyl (C=O) groups is 4. The minimum absolute atomic E-state index is 0.223. The maximum atomic E-state index is 8.00. The van der Waals surface area contributed by atoms with Gasteiger partial charge in [-0.15, -0.1) is 0 Å². The fourth-order valence-corrected chi connectivity index (χ4v) is 4.58. The highest BCUT2D eigenvalue weighted by atomic mass is 16.5. The molecular formula is C40H78O8. The summed E-state index contributed by atoms with van der Waals surface area (Å²) in [5.41, 5.74) is 1.24. The number of ether oxygens (including phenoxy) is 4. The van der Waals surface area contributed by atoms with E-state index in [9.17, 15) is 0 Å². The topological polar surface area (TPSA) is 105 Å². The highest BCUT2D eigenvalue weighted by Crippen LogP contribution is 2.27. The van der Waals surface area contributed by atoms with Crippen molar-refractivity contribution in [2.75, 3.05) is 26.4 Å². The van der Waals surface area contributed by atoms with Crippen molar-refractivity contribution in [1.82, 2.24) is 0 Å². The SMILES string of the molecule is C=O.C=O.C=O.C=O.CCCCCC(C)OCC.CCOC(C)C(C)C.CCOC(C)C1CCCCC1.CCOC(C)c1ccccc1. The number of benzene rings is 1. The van der Waals surface area contributed by atoms with Gasteiger partial charge in [0.05, 0.1) is 24.4 Å². The smallest absolute Gasteiger partial charge is 0.106 e. The fourth-order valence-electron chi connectivity index (χ4n) is 4.58. The monoisotopic (exact) mass is 687 g/mol. The number of hydrogen-bond acceptors (Lipinski definition) is 8. The summed E-state index contributed by atoms with van der Waals surface area (Å²) >= 11 is 0. The van der Waals surface area contributed by atoms with Crippen molar-refractivity contribution in [1.29, 1.82) is 0 Å². The third kappa shape index (κ3) is 43.7. The summed E-state index contributed by atoms with van der Waals surface area (Å²) in [5, 5.41) is 0. The lowest BCUT2D eigenvalue weighted by atomic mass is 9.86. The Balaban J connectivity index is -0.000000115. The Morgan fingerprint density at radius 1 is 0.604 bits per heavy atom. The quantitative estimate of drug-likeness (QED) is 0.168. The molecule has 1 aromatic rings. The van der Waals surface area contributed by atoms with Gasteiger partial charge < -0.3 is 38.1 Å². The van der Waals surface area contributed by atoms with Crippen LogP contribution in [0.4, 0.5) is 0 Å². The van der Waals surface area contributed by atoms with Crippen LogP contribution in [0.5, 0.6) is 0 Å². The molecule has 1 aromatic carbocycles. The van der Waals surface area contributed by atoms with Gasteiger partial charge in [-0.1, -0.05) is 89.6 Å². The van der Waals surface area contributed by atoms with E-state index in [4.69, 9.17) is 38.1 Å². The van der Waals surface area contributed by atoms with Gasteiger partial charge in [0.15, 0.2) is 0 Å². The Kier molecular flexibility index (Phi) is 62.3. The predicted molar refractivity (Wildman–Crippen MR) is 204 cm³/mol. The van der Waals surface area contributed by atoms with Crippen molar-refractivity contribution in [3.05, 3.63) is 35.9 Å². The number of hydrogen-bond donors (Lipinski definition) is 0. The molecule has 0 radical (unpaired) electrons. The first-order chi connectivity index (χ1) is 23.2. The van der Waals surface area contributed by atoms with Crippen LogP contribution in [0.15, 0.2) is 30.3 Å². The number of rotatable bonds is 15. The van der Waals surface area contributed by atoms with E-state index in [1.165, 1.54) is 63.4 Å². The van der Waals surface area contributed by atoms with Crippen molar-refractivity contribution in [2.24, 2.45) is 11.8 Å². The Morgan fingerprint density at radius 3 is 1.44 bits per heavy atom. The molecule has 8 heteroatoms. The van der Waals surface area contributed by atoms with Gasteiger partial charge in [-0.25, -0.2) is 0 Å². The van der Waals surface area contributed by atoms with Gasteiger partial charge in [-0.2, -0.15) is 0 Å². The standard InChI is InChI=1S/C10H20O.C10H14O.C9H20O.C7H16O.4CH2O/c2*1-3-11-9(2)10-7-5-4-6-8-10;1-4-6-7-8-9(3)10-5-2;1-5-8-7(4)6(2)3;4*1-2/h9-10H,3-8H2,1-2H3;4-9H,3H2,1-2H3;9H,4-8H2,1-3H3;6-7H,5H2,1-4H3;4*1H2. The highest BCUT2D eigenvalue weighted by molar-refractivity contribution is 5.16. The summed E-state index contributed by atoms with van der Waals surface area (Å²) < 4.78 is 21.7. The second-order valence-corrected chi connectivity index (χ2v) is 11.2. The molecule has 48 heavy (non-hydrogen) atoms. The lowest BCUT2D eigenvalue weighted by Gasteiger charge is -2.27. The van der Waals surface area contributed by atoms with Gasteiger partial charge in [-0.05, 0) is 92.1 Å².